The third-order valence-corrected chi connectivity index (χ3v) is 4.75. The number of aliphatic hydroxyl groups excluding tert-OH is 1. The van der Waals surface area contributed by atoms with E-state index < -0.39 is 0 Å². The Morgan fingerprint density at radius 1 is 1.17 bits per heavy atom. The van der Waals surface area contributed by atoms with Gasteiger partial charge in [0.15, 0.2) is 0 Å². The monoisotopic (exact) mass is 253 g/mol. The predicted molar refractivity (Wildman–Crippen MR) is 72.4 cm³/mol. The fourth-order valence-electron chi connectivity index (χ4n) is 3.37. The molecular formula is C15H27NO2. The lowest BCUT2D eigenvalue weighted by molar-refractivity contribution is -0.125. The van der Waals surface area contributed by atoms with Crippen molar-refractivity contribution in [3.05, 3.63) is 0 Å². The normalized spacial score (nSPS) is 26.1. The quantitative estimate of drug-likeness (QED) is 0.835. The van der Waals surface area contributed by atoms with Crippen LogP contribution in [0.2, 0.25) is 0 Å². The molecule has 1 saturated carbocycles. The van der Waals surface area contributed by atoms with Crippen LogP contribution in [-0.2, 0) is 4.79 Å². The second kappa shape index (κ2) is 6.67. The maximum Gasteiger partial charge on any atom is 0.149 e. The van der Waals surface area contributed by atoms with Gasteiger partial charge in [-0.3, -0.25) is 9.69 Å². The zero-order valence-corrected chi connectivity index (χ0v) is 11.6. The molecule has 2 rings (SSSR count). The predicted octanol–water partition coefficient (Wildman–Crippen LogP) is 2.23. The highest BCUT2D eigenvalue weighted by Gasteiger charge is 2.26. The van der Waals surface area contributed by atoms with Gasteiger partial charge >= 0.3 is 0 Å². The molecule has 104 valence electrons. The Bertz CT molecular complexity index is 264. The topological polar surface area (TPSA) is 40.5 Å². The lowest BCUT2D eigenvalue weighted by Gasteiger charge is -2.33. The van der Waals surface area contributed by atoms with Crippen LogP contribution in [0.1, 0.15) is 51.9 Å². The highest BCUT2D eigenvalue weighted by Crippen LogP contribution is 2.26. The van der Waals surface area contributed by atoms with Crippen molar-refractivity contribution in [2.75, 3.05) is 19.6 Å². The van der Waals surface area contributed by atoms with Crippen LogP contribution >= 0.6 is 0 Å². The lowest BCUT2D eigenvalue weighted by atomic mass is 9.85. The van der Waals surface area contributed by atoms with Crippen LogP contribution in [0.25, 0.3) is 0 Å². The summed E-state index contributed by atoms with van der Waals surface area (Å²) in [4.78, 5) is 14.5. The van der Waals surface area contributed by atoms with Gasteiger partial charge in [0.2, 0.25) is 0 Å². The molecule has 1 atom stereocenters. The molecule has 0 spiro atoms. The Labute approximate surface area is 111 Å². The molecule has 0 bridgehead atoms. The number of hydrogen-bond acceptors (Lipinski definition) is 3. The lowest BCUT2D eigenvalue weighted by Crippen LogP contribution is -2.41. The number of rotatable bonds is 4. The van der Waals surface area contributed by atoms with Crippen LogP contribution in [0.15, 0.2) is 0 Å². The van der Waals surface area contributed by atoms with Crippen molar-refractivity contribution in [2.45, 2.75) is 58.0 Å². The third kappa shape index (κ3) is 3.79. The fourth-order valence-corrected chi connectivity index (χ4v) is 3.37. The molecule has 2 aliphatic rings. The van der Waals surface area contributed by atoms with Gasteiger partial charge in [-0.1, -0.05) is 19.3 Å². The Balaban J connectivity index is 1.72. The number of ketones is 1. The van der Waals surface area contributed by atoms with E-state index in [4.69, 9.17) is 0 Å². The standard InChI is InChI=1S/C15H27NO2/c1-12(17)13-7-9-16(10-8-13)11-15(18)14-5-3-2-4-6-14/h12-14,17H,2-11H2,1H3. The zero-order chi connectivity index (χ0) is 13.0. The molecule has 0 aromatic rings. The SMILES string of the molecule is CC(O)C1CCN(CC(=O)C2CCCCC2)CC1. The van der Waals surface area contributed by atoms with Crippen LogP contribution in [0.3, 0.4) is 0 Å². The van der Waals surface area contributed by atoms with Crippen molar-refractivity contribution in [1.82, 2.24) is 4.90 Å². The molecule has 1 unspecified atom stereocenters. The maximum atomic E-state index is 12.2. The third-order valence-electron chi connectivity index (χ3n) is 4.75. The van der Waals surface area contributed by atoms with E-state index in [-0.39, 0.29) is 6.10 Å². The molecule has 2 fully saturated rings. The highest BCUT2D eigenvalue weighted by atomic mass is 16.3. The molecule has 1 N–H and O–H groups in total. The van der Waals surface area contributed by atoms with Crippen LogP contribution in [0, 0.1) is 11.8 Å². The van der Waals surface area contributed by atoms with Gasteiger partial charge in [0.1, 0.15) is 5.78 Å². The molecule has 0 radical (unpaired) electrons. The van der Waals surface area contributed by atoms with E-state index in [1.165, 1.54) is 19.3 Å². The maximum absolute atomic E-state index is 12.2. The number of nitrogens with zero attached hydrogens (tertiary/aromatic N) is 1. The number of carbonyl (C=O) groups is 1. The number of aliphatic hydroxyl groups is 1. The number of hydrogen-bond donors (Lipinski definition) is 1. The Morgan fingerprint density at radius 2 is 1.78 bits per heavy atom. The second-order valence-electron chi connectivity index (χ2n) is 6.16. The van der Waals surface area contributed by atoms with Crippen LogP contribution in [-0.4, -0.2) is 41.5 Å². The molecule has 18 heavy (non-hydrogen) atoms. The minimum Gasteiger partial charge on any atom is -0.393 e. The van der Waals surface area contributed by atoms with E-state index in [0.29, 0.717) is 24.2 Å². The summed E-state index contributed by atoms with van der Waals surface area (Å²) >= 11 is 0. The van der Waals surface area contributed by atoms with Crippen molar-refractivity contribution in [3.8, 4) is 0 Å². The molecule has 3 nitrogen and oxygen atoms in total. The number of Topliss-reactive ketones (excluding diaryl/α,β-unsaturated/α-hetero) is 1. The largest absolute Gasteiger partial charge is 0.393 e. The van der Waals surface area contributed by atoms with Gasteiger partial charge in [-0.05, 0) is 51.6 Å². The first-order chi connectivity index (χ1) is 8.66. The highest BCUT2D eigenvalue weighted by molar-refractivity contribution is 5.83. The fraction of sp³-hybridized carbons (Fsp3) is 0.933. The van der Waals surface area contributed by atoms with E-state index in [1.807, 2.05) is 6.92 Å². The summed E-state index contributed by atoms with van der Waals surface area (Å²) in [5.74, 6) is 1.24. The average molecular weight is 253 g/mol. The van der Waals surface area contributed by atoms with Crippen LogP contribution < -0.4 is 0 Å². The van der Waals surface area contributed by atoms with Crippen LogP contribution in [0.5, 0.6) is 0 Å². The van der Waals surface area contributed by atoms with E-state index >= 15 is 0 Å². The summed E-state index contributed by atoms with van der Waals surface area (Å²) in [7, 11) is 0. The summed E-state index contributed by atoms with van der Waals surface area (Å²) in [6, 6.07) is 0. The number of likely N-dealkylation sites (tertiary alicyclic amines) is 1. The summed E-state index contributed by atoms with van der Waals surface area (Å²) in [6.07, 6.45) is 7.89. The minimum atomic E-state index is -0.193. The molecule has 1 heterocycles. The minimum absolute atomic E-state index is 0.193. The van der Waals surface area contributed by atoms with Crippen molar-refractivity contribution in [3.63, 3.8) is 0 Å². The molecule has 0 aromatic carbocycles. The summed E-state index contributed by atoms with van der Waals surface area (Å²) in [6.45, 7) is 4.49. The smallest absolute Gasteiger partial charge is 0.149 e. The zero-order valence-electron chi connectivity index (χ0n) is 11.6. The van der Waals surface area contributed by atoms with E-state index in [9.17, 15) is 9.90 Å². The van der Waals surface area contributed by atoms with Gasteiger partial charge in [-0.15, -0.1) is 0 Å². The molecule has 3 heteroatoms. The molecule has 1 aliphatic heterocycles. The molecule has 1 saturated heterocycles. The van der Waals surface area contributed by atoms with Gasteiger partial charge < -0.3 is 5.11 Å². The first-order valence-electron chi connectivity index (χ1n) is 7.60. The number of carbonyl (C=O) groups excluding carboxylic acids is 1. The van der Waals surface area contributed by atoms with Gasteiger partial charge in [0.25, 0.3) is 0 Å². The first-order valence-corrected chi connectivity index (χ1v) is 7.60. The van der Waals surface area contributed by atoms with Crippen LogP contribution in [0.4, 0.5) is 0 Å². The summed E-state index contributed by atoms with van der Waals surface area (Å²) in [5, 5.41) is 9.56. The van der Waals surface area contributed by atoms with Crippen molar-refractivity contribution >= 4 is 5.78 Å². The van der Waals surface area contributed by atoms with E-state index in [0.717, 1.165) is 38.8 Å². The van der Waals surface area contributed by atoms with E-state index in [2.05, 4.69) is 4.90 Å². The Hall–Kier alpha value is -0.410. The average Bonchev–Trinajstić information content (AvgIpc) is 2.40. The molecular weight excluding hydrogens is 226 g/mol. The van der Waals surface area contributed by atoms with Gasteiger partial charge in [-0.2, -0.15) is 0 Å². The molecule has 0 amide bonds. The van der Waals surface area contributed by atoms with Gasteiger partial charge in [0, 0.05) is 5.92 Å². The van der Waals surface area contributed by atoms with Crippen molar-refractivity contribution in [2.24, 2.45) is 11.8 Å². The first kappa shape index (κ1) is 14.0. The Morgan fingerprint density at radius 3 is 2.33 bits per heavy atom. The summed E-state index contributed by atoms with van der Waals surface area (Å²) < 4.78 is 0. The number of piperidine rings is 1. The van der Waals surface area contributed by atoms with Crippen molar-refractivity contribution in [1.29, 1.82) is 0 Å². The summed E-state index contributed by atoms with van der Waals surface area (Å²) in [5.41, 5.74) is 0. The van der Waals surface area contributed by atoms with Crippen molar-refractivity contribution < 1.29 is 9.90 Å². The van der Waals surface area contributed by atoms with Gasteiger partial charge in [0.05, 0.1) is 12.6 Å². The molecule has 0 aromatic heterocycles. The van der Waals surface area contributed by atoms with Gasteiger partial charge in [-0.25, -0.2) is 0 Å². The van der Waals surface area contributed by atoms with E-state index in [1.54, 1.807) is 0 Å². The molecule has 1 aliphatic carbocycles. The second-order valence-corrected chi connectivity index (χ2v) is 6.16. The Kier molecular flexibility index (Phi) is 5.19.